The largest absolute Gasteiger partial charge is 0.316 e. The number of hydrogen-bond acceptors (Lipinski definition) is 2. The zero-order valence-corrected chi connectivity index (χ0v) is 6.47. The van der Waals surface area contributed by atoms with E-state index in [0.29, 0.717) is 5.25 Å². The summed E-state index contributed by atoms with van der Waals surface area (Å²) in [6.07, 6.45) is 2.59. The summed E-state index contributed by atoms with van der Waals surface area (Å²) in [6.45, 7) is 2.29. The van der Waals surface area contributed by atoms with Crippen molar-refractivity contribution in [1.29, 1.82) is 0 Å². The van der Waals surface area contributed by atoms with Crippen LogP contribution in [0.3, 0.4) is 0 Å². The quantitative estimate of drug-likeness (QED) is 0.497. The van der Waals surface area contributed by atoms with Gasteiger partial charge in [-0.3, -0.25) is 0 Å². The molecule has 1 nitrogen and oxygen atoms in total. The summed E-state index contributed by atoms with van der Waals surface area (Å²) in [5, 5.41) is 3.88. The van der Waals surface area contributed by atoms with E-state index in [9.17, 15) is 0 Å². The third-order valence-corrected chi connectivity index (χ3v) is 1.71. The first-order valence-electron chi connectivity index (χ1n) is 2.78. The first-order chi connectivity index (χ1) is 3.39. The van der Waals surface area contributed by atoms with Gasteiger partial charge in [0.15, 0.2) is 0 Å². The second kappa shape index (κ2) is 4.48. The van der Waals surface area contributed by atoms with Gasteiger partial charge < -0.3 is 5.32 Å². The van der Waals surface area contributed by atoms with E-state index < -0.39 is 0 Å². The van der Waals surface area contributed by atoms with Gasteiger partial charge in [0.05, 0.1) is 0 Å². The van der Waals surface area contributed by atoms with Gasteiger partial charge in [0.1, 0.15) is 0 Å². The maximum Gasteiger partial charge on any atom is 0.0142 e. The number of rotatable bonds is 0. The molecule has 0 aromatic carbocycles. The molecule has 50 valence electrons. The lowest BCUT2D eigenvalue weighted by molar-refractivity contribution is 0.533. The number of nitrogens with one attached hydrogen (secondary N) is 1. The average molecular weight is 154 g/mol. The number of piperidine rings is 1. The Kier molecular flexibility index (Phi) is 4.81. The van der Waals surface area contributed by atoms with Gasteiger partial charge in [-0.2, -0.15) is 12.6 Å². The molecular weight excluding hydrogens is 142 g/mol. The standard InChI is InChI=1S/C5H11NS.ClH/c7-5-2-1-3-6-4-5;/h5-7H,1-4H2;1H/t5-;/m1./s1. The molecule has 8 heavy (non-hydrogen) atoms. The van der Waals surface area contributed by atoms with Crippen molar-refractivity contribution in [1.82, 2.24) is 5.32 Å². The molecule has 0 unspecified atom stereocenters. The van der Waals surface area contributed by atoms with Crippen molar-refractivity contribution >= 4 is 25.0 Å². The molecule has 1 saturated heterocycles. The summed E-state index contributed by atoms with van der Waals surface area (Å²) < 4.78 is 0. The van der Waals surface area contributed by atoms with Crippen molar-refractivity contribution in [3.05, 3.63) is 0 Å². The van der Waals surface area contributed by atoms with Crippen LogP contribution >= 0.6 is 25.0 Å². The molecule has 0 radical (unpaired) electrons. The van der Waals surface area contributed by atoms with E-state index in [1.807, 2.05) is 0 Å². The van der Waals surface area contributed by atoms with Gasteiger partial charge >= 0.3 is 0 Å². The van der Waals surface area contributed by atoms with Gasteiger partial charge in [-0.15, -0.1) is 12.4 Å². The lowest BCUT2D eigenvalue weighted by Gasteiger charge is -2.16. The minimum atomic E-state index is 0. The first kappa shape index (κ1) is 8.60. The molecule has 0 bridgehead atoms. The fourth-order valence-electron chi connectivity index (χ4n) is 0.833. The second-order valence-corrected chi connectivity index (χ2v) is 2.73. The molecule has 1 aliphatic heterocycles. The predicted octanol–water partition coefficient (Wildman–Crippen LogP) is 1.09. The van der Waals surface area contributed by atoms with Gasteiger partial charge in [-0.05, 0) is 19.4 Å². The van der Waals surface area contributed by atoms with E-state index in [0.717, 1.165) is 6.54 Å². The van der Waals surface area contributed by atoms with Crippen LogP contribution < -0.4 is 5.32 Å². The van der Waals surface area contributed by atoms with Crippen molar-refractivity contribution in [3.63, 3.8) is 0 Å². The van der Waals surface area contributed by atoms with Crippen LogP contribution in [-0.4, -0.2) is 18.3 Å². The molecular formula is C5H12ClNS. The van der Waals surface area contributed by atoms with E-state index in [1.54, 1.807) is 0 Å². The summed E-state index contributed by atoms with van der Waals surface area (Å²) in [4.78, 5) is 0. The third kappa shape index (κ3) is 2.80. The monoisotopic (exact) mass is 153 g/mol. The van der Waals surface area contributed by atoms with Crippen LogP contribution in [0.1, 0.15) is 12.8 Å². The lowest BCUT2D eigenvalue weighted by Crippen LogP contribution is -2.29. The smallest absolute Gasteiger partial charge is 0.0142 e. The Morgan fingerprint density at radius 2 is 2.25 bits per heavy atom. The fraction of sp³-hybridized carbons (Fsp3) is 1.00. The van der Waals surface area contributed by atoms with E-state index in [1.165, 1.54) is 19.4 Å². The van der Waals surface area contributed by atoms with Crippen molar-refractivity contribution in [3.8, 4) is 0 Å². The maximum atomic E-state index is 4.30. The first-order valence-corrected chi connectivity index (χ1v) is 3.30. The third-order valence-electron chi connectivity index (χ3n) is 1.27. The highest BCUT2D eigenvalue weighted by molar-refractivity contribution is 7.81. The Labute approximate surface area is 62.1 Å². The fourth-order valence-corrected chi connectivity index (χ4v) is 1.15. The van der Waals surface area contributed by atoms with E-state index in [-0.39, 0.29) is 12.4 Å². The molecule has 1 atom stereocenters. The summed E-state index contributed by atoms with van der Waals surface area (Å²) in [5.74, 6) is 0. The molecule has 1 aliphatic rings. The number of thiol groups is 1. The molecule has 1 rings (SSSR count). The van der Waals surface area contributed by atoms with Crippen LogP contribution in [0.2, 0.25) is 0 Å². The molecule has 0 spiro atoms. The molecule has 1 fully saturated rings. The summed E-state index contributed by atoms with van der Waals surface area (Å²) >= 11 is 4.30. The predicted molar refractivity (Wildman–Crippen MR) is 42.1 cm³/mol. The highest BCUT2D eigenvalue weighted by Crippen LogP contribution is 2.06. The van der Waals surface area contributed by atoms with Gasteiger partial charge in [0.2, 0.25) is 0 Å². The Morgan fingerprint density at radius 3 is 2.50 bits per heavy atom. The van der Waals surface area contributed by atoms with Crippen molar-refractivity contribution in [2.24, 2.45) is 0 Å². The van der Waals surface area contributed by atoms with Crippen molar-refractivity contribution in [2.75, 3.05) is 13.1 Å². The summed E-state index contributed by atoms with van der Waals surface area (Å²) in [7, 11) is 0. The van der Waals surface area contributed by atoms with Gasteiger partial charge in [-0.25, -0.2) is 0 Å². The normalized spacial score (nSPS) is 28.9. The number of halogens is 1. The molecule has 0 aromatic heterocycles. The molecule has 0 saturated carbocycles. The summed E-state index contributed by atoms with van der Waals surface area (Å²) in [5.41, 5.74) is 0. The molecule has 3 heteroatoms. The minimum Gasteiger partial charge on any atom is -0.316 e. The van der Waals surface area contributed by atoms with Crippen LogP contribution in [0, 0.1) is 0 Å². The molecule has 0 aromatic rings. The van der Waals surface area contributed by atoms with Crippen LogP contribution in [0.5, 0.6) is 0 Å². The number of hydrogen-bond donors (Lipinski definition) is 2. The Bertz CT molecular complexity index is 54.4. The van der Waals surface area contributed by atoms with Crippen LogP contribution in [-0.2, 0) is 0 Å². The van der Waals surface area contributed by atoms with Crippen LogP contribution in [0.25, 0.3) is 0 Å². The van der Waals surface area contributed by atoms with E-state index in [2.05, 4.69) is 17.9 Å². The minimum absolute atomic E-state index is 0. The summed E-state index contributed by atoms with van der Waals surface area (Å²) in [6, 6.07) is 0. The SMILES string of the molecule is Cl.S[C@@H]1CCCNC1. The highest BCUT2D eigenvalue weighted by Gasteiger charge is 2.05. The van der Waals surface area contributed by atoms with Gasteiger partial charge in [-0.1, -0.05) is 0 Å². The topological polar surface area (TPSA) is 12.0 Å². The highest BCUT2D eigenvalue weighted by atomic mass is 35.5. The molecule has 1 heterocycles. The zero-order valence-electron chi connectivity index (χ0n) is 4.76. The van der Waals surface area contributed by atoms with Crippen LogP contribution in [0.15, 0.2) is 0 Å². The molecule has 0 aliphatic carbocycles. The average Bonchev–Trinajstić information content (AvgIpc) is 1.69. The van der Waals surface area contributed by atoms with Gasteiger partial charge in [0.25, 0.3) is 0 Å². The van der Waals surface area contributed by atoms with E-state index in [4.69, 9.17) is 0 Å². The second-order valence-electron chi connectivity index (χ2n) is 2.00. The molecule has 0 amide bonds. The Hall–Kier alpha value is 0.600. The van der Waals surface area contributed by atoms with Crippen molar-refractivity contribution in [2.45, 2.75) is 18.1 Å². The van der Waals surface area contributed by atoms with Crippen molar-refractivity contribution < 1.29 is 0 Å². The zero-order chi connectivity index (χ0) is 5.11. The maximum absolute atomic E-state index is 4.30. The van der Waals surface area contributed by atoms with E-state index >= 15 is 0 Å². The lowest BCUT2D eigenvalue weighted by atomic mass is 10.2. The Balaban J connectivity index is 0.000000490. The van der Waals surface area contributed by atoms with Crippen LogP contribution in [0.4, 0.5) is 0 Å². The Morgan fingerprint density at radius 1 is 1.50 bits per heavy atom. The molecule has 1 N–H and O–H groups in total. The van der Waals surface area contributed by atoms with Gasteiger partial charge in [0, 0.05) is 11.8 Å².